The Kier molecular flexibility index (Phi) is 4.61. The van der Waals surface area contributed by atoms with Crippen molar-refractivity contribution in [2.24, 2.45) is 0 Å². The molecule has 0 aliphatic rings. The van der Waals surface area contributed by atoms with E-state index in [1.807, 2.05) is 19.2 Å². The molecule has 2 rings (SSSR count). The molecule has 1 heterocycles. The summed E-state index contributed by atoms with van der Waals surface area (Å²) in [6.45, 7) is 2.20. The number of furan rings is 1. The van der Waals surface area contributed by atoms with Gasteiger partial charge in [-0.25, -0.2) is 0 Å². The molecule has 0 radical (unpaired) electrons. The molecule has 1 N–H and O–H groups in total. The maximum Gasteiger partial charge on any atom is 0.169 e. The van der Waals surface area contributed by atoms with Gasteiger partial charge in [0.05, 0.1) is 6.04 Å². The Balaban J connectivity index is 2.29. The van der Waals surface area contributed by atoms with Crippen molar-refractivity contribution in [3.8, 4) is 0 Å². The van der Waals surface area contributed by atoms with E-state index >= 15 is 0 Å². The first-order valence-electron chi connectivity index (χ1n) is 6.26. The molecule has 0 spiro atoms. The minimum absolute atomic E-state index is 0.105. The number of halogens is 1. The van der Waals surface area contributed by atoms with Crippen molar-refractivity contribution < 1.29 is 4.42 Å². The maximum atomic E-state index is 5.64. The predicted molar refractivity (Wildman–Crippen MR) is 77.7 cm³/mol. The summed E-state index contributed by atoms with van der Waals surface area (Å²) in [5, 5.41) is 3.30. The second-order valence-electron chi connectivity index (χ2n) is 4.36. The lowest BCUT2D eigenvalue weighted by Crippen LogP contribution is -2.17. The maximum absolute atomic E-state index is 5.64. The third kappa shape index (κ3) is 3.03. The topological polar surface area (TPSA) is 25.2 Å². The molecule has 2 aromatic rings. The summed E-state index contributed by atoms with van der Waals surface area (Å²) in [4.78, 5) is 0. The number of nitrogens with one attached hydrogen (secondary N) is 1. The zero-order valence-corrected chi connectivity index (χ0v) is 12.3. The summed E-state index contributed by atoms with van der Waals surface area (Å²) in [5.74, 6) is 0.929. The van der Waals surface area contributed by atoms with Crippen LogP contribution in [0.2, 0.25) is 0 Å². The van der Waals surface area contributed by atoms with Gasteiger partial charge in [0.1, 0.15) is 5.76 Å². The van der Waals surface area contributed by atoms with E-state index in [9.17, 15) is 0 Å². The highest BCUT2D eigenvalue weighted by atomic mass is 79.9. The molecule has 0 saturated heterocycles. The first kappa shape index (κ1) is 13.4. The Morgan fingerprint density at radius 1 is 1.28 bits per heavy atom. The van der Waals surface area contributed by atoms with E-state index in [2.05, 4.69) is 52.4 Å². The molecule has 3 heteroatoms. The number of hydrogen-bond donors (Lipinski definition) is 1. The van der Waals surface area contributed by atoms with Crippen LogP contribution in [0.3, 0.4) is 0 Å². The number of rotatable bonds is 5. The minimum atomic E-state index is 0.105. The van der Waals surface area contributed by atoms with Crippen LogP contribution in [0.5, 0.6) is 0 Å². The molecule has 0 amide bonds. The Bertz CT molecular complexity index is 507. The van der Waals surface area contributed by atoms with Gasteiger partial charge in [-0.1, -0.05) is 37.6 Å². The Hall–Kier alpha value is -1.06. The molecule has 0 saturated carbocycles. The van der Waals surface area contributed by atoms with Crippen LogP contribution in [0.25, 0.3) is 0 Å². The van der Waals surface area contributed by atoms with Crippen LogP contribution in [0.15, 0.2) is 45.5 Å². The second kappa shape index (κ2) is 6.21. The van der Waals surface area contributed by atoms with Gasteiger partial charge in [-0.3, -0.25) is 0 Å². The van der Waals surface area contributed by atoms with E-state index in [0.29, 0.717) is 0 Å². The summed E-state index contributed by atoms with van der Waals surface area (Å²) < 4.78 is 6.41. The summed E-state index contributed by atoms with van der Waals surface area (Å²) in [6, 6.07) is 12.7. The molecule has 1 unspecified atom stereocenters. The summed E-state index contributed by atoms with van der Waals surface area (Å²) in [7, 11) is 1.95. The first-order valence-corrected chi connectivity index (χ1v) is 7.05. The molecule has 96 valence electrons. The highest BCUT2D eigenvalue weighted by molar-refractivity contribution is 9.10. The molecular weight excluding hydrogens is 290 g/mol. The van der Waals surface area contributed by atoms with Crippen LogP contribution in [0.4, 0.5) is 0 Å². The monoisotopic (exact) mass is 307 g/mol. The molecule has 1 aromatic heterocycles. The Morgan fingerprint density at radius 3 is 2.72 bits per heavy atom. The average Bonchev–Trinajstić information content (AvgIpc) is 2.78. The van der Waals surface area contributed by atoms with Crippen molar-refractivity contribution in [3.05, 3.63) is 58.0 Å². The van der Waals surface area contributed by atoms with Gasteiger partial charge >= 0.3 is 0 Å². The van der Waals surface area contributed by atoms with Gasteiger partial charge in [-0.2, -0.15) is 0 Å². The molecule has 1 atom stereocenters. The van der Waals surface area contributed by atoms with E-state index in [0.717, 1.165) is 16.9 Å². The Labute approximate surface area is 117 Å². The molecule has 1 aromatic carbocycles. The summed E-state index contributed by atoms with van der Waals surface area (Å²) in [5.41, 5.74) is 2.62. The lowest BCUT2D eigenvalue weighted by atomic mass is 10.0. The molecule has 2 nitrogen and oxygen atoms in total. The molecule has 0 bridgehead atoms. The molecule has 0 aliphatic carbocycles. The third-order valence-corrected chi connectivity index (χ3v) is 3.42. The van der Waals surface area contributed by atoms with E-state index in [4.69, 9.17) is 4.42 Å². The fraction of sp³-hybridized carbons (Fsp3) is 0.333. The first-order chi connectivity index (χ1) is 8.74. The van der Waals surface area contributed by atoms with Gasteiger partial charge in [0, 0.05) is 0 Å². The van der Waals surface area contributed by atoms with Crippen molar-refractivity contribution in [1.29, 1.82) is 0 Å². The van der Waals surface area contributed by atoms with Gasteiger partial charge in [0.25, 0.3) is 0 Å². The lowest BCUT2D eigenvalue weighted by Gasteiger charge is -2.15. The largest absolute Gasteiger partial charge is 0.452 e. The second-order valence-corrected chi connectivity index (χ2v) is 5.14. The minimum Gasteiger partial charge on any atom is -0.452 e. The van der Waals surface area contributed by atoms with Gasteiger partial charge in [-0.05, 0) is 52.7 Å². The number of aryl methyl sites for hydroxylation is 1. The lowest BCUT2D eigenvalue weighted by molar-refractivity contribution is 0.447. The van der Waals surface area contributed by atoms with Gasteiger partial charge < -0.3 is 9.73 Å². The average molecular weight is 308 g/mol. The molecule has 0 aliphatic heterocycles. The van der Waals surface area contributed by atoms with Gasteiger partial charge in [0.2, 0.25) is 0 Å². The zero-order valence-electron chi connectivity index (χ0n) is 10.7. The van der Waals surface area contributed by atoms with E-state index in [1.165, 1.54) is 17.5 Å². The van der Waals surface area contributed by atoms with Crippen molar-refractivity contribution >= 4 is 15.9 Å². The number of benzene rings is 1. The van der Waals surface area contributed by atoms with Crippen molar-refractivity contribution in [1.82, 2.24) is 5.32 Å². The van der Waals surface area contributed by atoms with Gasteiger partial charge in [-0.15, -0.1) is 0 Å². The predicted octanol–water partition coefficient (Wildman–Crippen LogP) is 4.30. The van der Waals surface area contributed by atoms with Crippen molar-refractivity contribution in [3.63, 3.8) is 0 Å². The SMILES string of the molecule is CCCc1cccc(C(NC)c2ccc(Br)o2)c1. The van der Waals surface area contributed by atoms with Crippen LogP contribution >= 0.6 is 15.9 Å². The van der Waals surface area contributed by atoms with E-state index in [-0.39, 0.29) is 6.04 Å². The summed E-state index contributed by atoms with van der Waals surface area (Å²) in [6.07, 6.45) is 2.28. The molecular formula is C15H18BrNO. The summed E-state index contributed by atoms with van der Waals surface area (Å²) >= 11 is 3.35. The van der Waals surface area contributed by atoms with Crippen LogP contribution < -0.4 is 5.32 Å². The van der Waals surface area contributed by atoms with Crippen LogP contribution in [0.1, 0.15) is 36.3 Å². The highest BCUT2D eigenvalue weighted by Gasteiger charge is 2.15. The van der Waals surface area contributed by atoms with Crippen molar-refractivity contribution in [2.75, 3.05) is 7.05 Å². The quantitative estimate of drug-likeness (QED) is 0.890. The third-order valence-electron chi connectivity index (χ3n) is 2.99. The zero-order chi connectivity index (χ0) is 13.0. The highest BCUT2D eigenvalue weighted by Crippen LogP contribution is 2.26. The normalized spacial score (nSPS) is 12.6. The van der Waals surface area contributed by atoms with E-state index < -0.39 is 0 Å². The van der Waals surface area contributed by atoms with Crippen LogP contribution in [-0.4, -0.2) is 7.05 Å². The molecule has 0 fully saturated rings. The fourth-order valence-electron chi connectivity index (χ4n) is 2.17. The Morgan fingerprint density at radius 2 is 2.11 bits per heavy atom. The van der Waals surface area contributed by atoms with Crippen LogP contribution in [-0.2, 0) is 6.42 Å². The smallest absolute Gasteiger partial charge is 0.169 e. The van der Waals surface area contributed by atoms with Crippen molar-refractivity contribution in [2.45, 2.75) is 25.8 Å². The number of hydrogen-bond acceptors (Lipinski definition) is 2. The van der Waals surface area contributed by atoms with E-state index in [1.54, 1.807) is 0 Å². The van der Waals surface area contributed by atoms with Crippen LogP contribution in [0, 0.1) is 0 Å². The fourth-order valence-corrected chi connectivity index (χ4v) is 2.49. The van der Waals surface area contributed by atoms with Gasteiger partial charge in [0.15, 0.2) is 4.67 Å². The standard InChI is InChI=1S/C15H18BrNO/c1-3-5-11-6-4-7-12(10-11)15(17-2)13-8-9-14(16)18-13/h4,6-10,15,17H,3,5H2,1-2H3. The molecule has 18 heavy (non-hydrogen) atoms.